The van der Waals surface area contributed by atoms with Crippen molar-refractivity contribution >= 4 is 17.8 Å². The van der Waals surface area contributed by atoms with Crippen molar-refractivity contribution in [1.82, 2.24) is 15.5 Å². The maximum Gasteiger partial charge on any atom is 0.325 e. The first-order chi connectivity index (χ1) is 13.0. The molecule has 6 nitrogen and oxygen atoms in total. The molecule has 1 fully saturated rings. The van der Waals surface area contributed by atoms with Crippen LogP contribution in [0.4, 0.5) is 4.79 Å². The molecule has 0 spiro atoms. The summed E-state index contributed by atoms with van der Waals surface area (Å²) in [5.74, 6) is 0.223. The molecule has 0 bridgehead atoms. The molecule has 1 aromatic carbocycles. The SMILES string of the molecule is CC(C)CC[C@@H](C)NC(=O)CN1C(=O)N[C@](C)(c2ccc(C(C)C)cc2)C1=O. The van der Waals surface area contributed by atoms with E-state index in [1.165, 1.54) is 0 Å². The number of carbonyl (C=O) groups is 3. The molecule has 28 heavy (non-hydrogen) atoms. The molecule has 0 saturated carbocycles. The third-order valence-corrected chi connectivity index (χ3v) is 5.32. The molecular weight excluding hydrogens is 354 g/mol. The number of urea groups is 1. The van der Waals surface area contributed by atoms with Crippen LogP contribution in [0, 0.1) is 5.92 Å². The van der Waals surface area contributed by atoms with E-state index in [2.05, 4.69) is 38.3 Å². The van der Waals surface area contributed by atoms with Gasteiger partial charge < -0.3 is 10.6 Å². The summed E-state index contributed by atoms with van der Waals surface area (Å²) in [6.45, 7) is 11.8. The van der Waals surface area contributed by atoms with Gasteiger partial charge in [-0.15, -0.1) is 0 Å². The van der Waals surface area contributed by atoms with E-state index in [1.54, 1.807) is 6.92 Å². The summed E-state index contributed by atoms with van der Waals surface area (Å²) in [6.07, 6.45) is 1.87. The molecule has 1 heterocycles. The summed E-state index contributed by atoms with van der Waals surface area (Å²) < 4.78 is 0. The molecule has 1 aliphatic rings. The Kier molecular flexibility index (Phi) is 6.86. The first-order valence-electron chi connectivity index (χ1n) is 10.1. The third-order valence-electron chi connectivity index (χ3n) is 5.32. The van der Waals surface area contributed by atoms with Crippen molar-refractivity contribution < 1.29 is 14.4 Å². The molecule has 2 atom stereocenters. The number of amides is 4. The minimum Gasteiger partial charge on any atom is -0.352 e. The lowest BCUT2D eigenvalue weighted by Crippen LogP contribution is -2.45. The molecule has 0 aliphatic carbocycles. The van der Waals surface area contributed by atoms with Crippen LogP contribution >= 0.6 is 0 Å². The Morgan fingerprint density at radius 1 is 1.07 bits per heavy atom. The van der Waals surface area contributed by atoms with E-state index in [-0.39, 0.29) is 18.5 Å². The van der Waals surface area contributed by atoms with E-state index in [1.807, 2.05) is 31.2 Å². The summed E-state index contributed by atoms with van der Waals surface area (Å²) in [5.41, 5.74) is 0.718. The number of nitrogens with one attached hydrogen (secondary N) is 2. The van der Waals surface area contributed by atoms with Crippen LogP contribution in [0.3, 0.4) is 0 Å². The van der Waals surface area contributed by atoms with Gasteiger partial charge in [-0.2, -0.15) is 0 Å². The zero-order valence-electron chi connectivity index (χ0n) is 17.8. The Hall–Kier alpha value is -2.37. The molecule has 1 aromatic rings. The molecule has 6 heteroatoms. The predicted molar refractivity (Wildman–Crippen MR) is 110 cm³/mol. The molecule has 4 amide bonds. The Labute approximate surface area is 168 Å². The van der Waals surface area contributed by atoms with Gasteiger partial charge in [0.05, 0.1) is 0 Å². The predicted octanol–water partition coefficient (Wildman–Crippen LogP) is 3.52. The van der Waals surface area contributed by atoms with Gasteiger partial charge in [0.15, 0.2) is 0 Å². The number of nitrogens with zero attached hydrogens (tertiary/aromatic N) is 1. The second-order valence-electron chi connectivity index (χ2n) is 8.66. The Bertz CT molecular complexity index is 727. The molecule has 1 saturated heterocycles. The van der Waals surface area contributed by atoms with Crippen molar-refractivity contribution in [3.05, 3.63) is 35.4 Å². The molecule has 0 unspecified atom stereocenters. The quantitative estimate of drug-likeness (QED) is 0.670. The largest absolute Gasteiger partial charge is 0.352 e. The normalized spacial score (nSPS) is 20.6. The smallest absolute Gasteiger partial charge is 0.325 e. The van der Waals surface area contributed by atoms with Crippen LogP contribution in [0.5, 0.6) is 0 Å². The van der Waals surface area contributed by atoms with Crippen LogP contribution in [0.25, 0.3) is 0 Å². The Balaban J connectivity index is 2.05. The van der Waals surface area contributed by atoms with Gasteiger partial charge in [0, 0.05) is 6.04 Å². The summed E-state index contributed by atoms with van der Waals surface area (Å²) in [4.78, 5) is 38.7. The lowest BCUT2D eigenvalue weighted by molar-refractivity contribution is -0.135. The number of hydrogen-bond acceptors (Lipinski definition) is 3. The van der Waals surface area contributed by atoms with Crippen molar-refractivity contribution in [3.63, 3.8) is 0 Å². The van der Waals surface area contributed by atoms with Crippen molar-refractivity contribution in [2.24, 2.45) is 5.92 Å². The highest BCUT2D eigenvalue weighted by molar-refractivity contribution is 6.09. The number of benzene rings is 1. The highest BCUT2D eigenvalue weighted by Gasteiger charge is 2.49. The molecule has 2 rings (SSSR count). The number of imide groups is 1. The van der Waals surface area contributed by atoms with Crippen LogP contribution in [-0.2, 0) is 15.1 Å². The van der Waals surface area contributed by atoms with E-state index in [0.29, 0.717) is 17.4 Å². The molecule has 1 aliphatic heterocycles. The molecule has 0 aromatic heterocycles. The van der Waals surface area contributed by atoms with Crippen molar-refractivity contribution in [2.45, 2.75) is 71.9 Å². The average molecular weight is 388 g/mol. The fourth-order valence-corrected chi connectivity index (χ4v) is 3.36. The van der Waals surface area contributed by atoms with Crippen LogP contribution in [0.1, 0.15) is 71.4 Å². The maximum atomic E-state index is 13.0. The number of hydrogen-bond donors (Lipinski definition) is 2. The van der Waals surface area contributed by atoms with Gasteiger partial charge in [-0.1, -0.05) is 52.0 Å². The van der Waals surface area contributed by atoms with Crippen molar-refractivity contribution in [2.75, 3.05) is 6.54 Å². The minimum absolute atomic E-state index is 0.00521. The second kappa shape index (κ2) is 8.76. The van der Waals surface area contributed by atoms with E-state index < -0.39 is 17.5 Å². The summed E-state index contributed by atoms with van der Waals surface area (Å²) in [7, 11) is 0. The maximum absolute atomic E-state index is 13.0. The van der Waals surface area contributed by atoms with Crippen LogP contribution in [-0.4, -0.2) is 35.3 Å². The fraction of sp³-hybridized carbons (Fsp3) is 0.591. The van der Waals surface area contributed by atoms with Gasteiger partial charge in [0.1, 0.15) is 12.1 Å². The third kappa shape index (κ3) is 4.91. The van der Waals surface area contributed by atoms with E-state index in [9.17, 15) is 14.4 Å². The molecule has 0 radical (unpaired) electrons. The summed E-state index contributed by atoms with van der Waals surface area (Å²) in [6, 6.07) is 7.14. The monoisotopic (exact) mass is 387 g/mol. The van der Waals surface area contributed by atoms with Crippen LogP contribution in [0.2, 0.25) is 0 Å². The first-order valence-corrected chi connectivity index (χ1v) is 10.1. The average Bonchev–Trinajstić information content (AvgIpc) is 2.84. The summed E-state index contributed by atoms with van der Waals surface area (Å²) in [5, 5.41) is 5.63. The second-order valence-corrected chi connectivity index (χ2v) is 8.66. The highest BCUT2D eigenvalue weighted by Crippen LogP contribution is 2.29. The Morgan fingerprint density at radius 3 is 2.21 bits per heavy atom. The number of carbonyl (C=O) groups excluding carboxylic acids is 3. The van der Waals surface area contributed by atoms with Crippen molar-refractivity contribution in [3.8, 4) is 0 Å². The molecule has 154 valence electrons. The highest BCUT2D eigenvalue weighted by atomic mass is 16.2. The van der Waals surface area contributed by atoms with Gasteiger partial charge in [-0.25, -0.2) is 4.79 Å². The zero-order chi connectivity index (χ0) is 21.1. The van der Waals surface area contributed by atoms with E-state index in [4.69, 9.17) is 0 Å². The van der Waals surface area contributed by atoms with Crippen molar-refractivity contribution in [1.29, 1.82) is 0 Å². The van der Waals surface area contributed by atoms with Crippen LogP contribution < -0.4 is 10.6 Å². The van der Waals surface area contributed by atoms with Gasteiger partial charge in [-0.3, -0.25) is 14.5 Å². The molecule has 2 N–H and O–H groups in total. The summed E-state index contributed by atoms with van der Waals surface area (Å²) >= 11 is 0. The molecular formula is C22H33N3O3. The van der Waals surface area contributed by atoms with Gasteiger partial charge in [0.25, 0.3) is 5.91 Å². The van der Waals surface area contributed by atoms with Gasteiger partial charge in [-0.05, 0) is 49.7 Å². The lowest BCUT2D eigenvalue weighted by Gasteiger charge is -2.23. The first kappa shape index (κ1) is 21.9. The van der Waals surface area contributed by atoms with E-state index in [0.717, 1.165) is 23.3 Å². The zero-order valence-corrected chi connectivity index (χ0v) is 17.8. The topological polar surface area (TPSA) is 78.5 Å². The van der Waals surface area contributed by atoms with Crippen LogP contribution in [0.15, 0.2) is 24.3 Å². The standard InChI is InChI=1S/C22H33N3O3/c1-14(2)7-8-16(5)23-19(26)13-25-20(27)22(6,24-21(25)28)18-11-9-17(10-12-18)15(3)4/h9-12,14-16H,7-8,13H2,1-6H3,(H,23,26)(H,24,28)/t16-,22-/m1/s1. The number of rotatable bonds is 8. The fourth-order valence-electron chi connectivity index (χ4n) is 3.36. The van der Waals surface area contributed by atoms with E-state index >= 15 is 0 Å². The van der Waals surface area contributed by atoms with Gasteiger partial charge >= 0.3 is 6.03 Å². The van der Waals surface area contributed by atoms with Gasteiger partial charge in [0.2, 0.25) is 5.91 Å². The Morgan fingerprint density at radius 2 is 1.68 bits per heavy atom. The lowest BCUT2D eigenvalue weighted by atomic mass is 9.90. The minimum atomic E-state index is -1.16.